The number of nitrogen functional groups attached to an aromatic ring is 1. The van der Waals surface area contributed by atoms with Crippen LogP contribution in [0.5, 0.6) is 0 Å². The molecule has 1 nitrogen and oxygen atoms in total. The quantitative estimate of drug-likeness (QED) is 0.462. The van der Waals surface area contributed by atoms with Gasteiger partial charge in [0.15, 0.2) is 0 Å². The van der Waals surface area contributed by atoms with Gasteiger partial charge in [-0.05, 0) is 48.1 Å². The van der Waals surface area contributed by atoms with Crippen LogP contribution in [0.15, 0.2) is 48.5 Å². The van der Waals surface area contributed by atoms with Crippen LogP contribution in [0.4, 0.5) is 5.69 Å². The summed E-state index contributed by atoms with van der Waals surface area (Å²) in [7, 11) is 0. The van der Waals surface area contributed by atoms with Crippen molar-refractivity contribution >= 4 is 5.69 Å². The third kappa shape index (κ3) is 5.93. The van der Waals surface area contributed by atoms with Crippen LogP contribution in [-0.4, -0.2) is 0 Å². The van der Waals surface area contributed by atoms with E-state index < -0.39 is 0 Å². The molecule has 0 aliphatic carbocycles. The van der Waals surface area contributed by atoms with Gasteiger partial charge in [-0.2, -0.15) is 0 Å². The predicted molar refractivity (Wildman–Crippen MR) is 97.2 cm³/mol. The summed E-state index contributed by atoms with van der Waals surface area (Å²) in [5, 5.41) is 0. The third-order valence-corrected chi connectivity index (χ3v) is 4.23. The van der Waals surface area contributed by atoms with E-state index >= 15 is 0 Å². The van der Waals surface area contributed by atoms with Crippen molar-refractivity contribution < 1.29 is 0 Å². The first-order chi connectivity index (χ1) is 10.8. The molecule has 0 aliphatic heterocycles. The Morgan fingerprint density at radius 3 is 1.77 bits per heavy atom. The molecule has 0 bridgehead atoms. The second kappa shape index (κ2) is 9.30. The van der Waals surface area contributed by atoms with Gasteiger partial charge in [-0.15, -0.1) is 0 Å². The molecule has 0 saturated heterocycles. The highest BCUT2D eigenvalue weighted by Gasteiger charge is 1.98. The Morgan fingerprint density at radius 2 is 1.14 bits per heavy atom. The molecular weight excluding hydrogens is 266 g/mol. The molecule has 0 unspecified atom stereocenters. The zero-order valence-corrected chi connectivity index (χ0v) is 13.9. The van der Waals surface area contributed by atoms with Gasteiger partial charge < -0.3 is 5.73 Å². The van der Waals surface area contributed by atoms with Crippen molar-refractivity contribution in [2.24, 2.45) is 0 Å². The molecule has 2 N–H and O–H groups in total. The lowest BCUT2D eigenvalue weighted by Crippen LogP contribution is -1.91. The van der Waals surface area contributed by atoms with Crippen LogP contribution in [0.1, 0.15) is 62.1 Å². The maximum Gasteiger partial charge on any atom is 0.0314 e. The summed E-state index contributed by atoms with van der Waals surface area (Å²) >= 11 is 0. The van der Waals surface area contributed by atoms with Gasteiger partial charge in [0.2, 0.25) is 0 Å². The Labute approximate surface area is 135 Å². The molecule has 0 aromatic heterocycles. The molecule has 0 aliphatic rings. The minimum Gasteiger partial charge on any atom is -0.399 e. The number of hydrogen-bond donors (Lipinski definition) is 1. The Kier molecular flexibility index (Phi) is 7.02. The van der Waals surface area contributed by atoms with E-state index in [9.17, 15) is 0 Å². The zero-order chi connectivity index (χ0) is 15.6. The predicted octanol–water partition coefficient (Wildman–Crippen LogP) is 5.76. The SMILES string of the molecule is CCCCCCCCc1ccc(Cc2ccc(N)cc2)cc1. The first-order valence-corrected chi connectivity index (χ1v) is 8.70. The van der Waals surface area contributed by atoms with E-state index in [-0.39, 0.29) is 0 Å². The average Bonchev–Trinajstić information content (AvgIpc) is 2.54. The highest BCUT2D eigenvalue weighted by Crippen LogP contribution is 2.14. The number of hydrogen-bond acceptors (Lipinski definition) is 1. The van der Waals surface area contributed by atoms with Gasteiger partial charge in [0, 0.05) is 5.69 Å². The van der Waals surface area contributed by atoms with Gasteiger partial charge in [0.25, 0.3) is 0 Å². The highest BCUT2D eigenvalue weighted by atomic mass is 14.5. The van der Waals surface area contributed by atoms with E-state index in [1.54, 1.807) is 0 Å². The van der Waals surface area contributed by atoms with Crippen molar-refractivity contribution in [3.05, 3.63) is 65.2 Å². The van der Waals surface area contributed by atoms with Crippen molar-refractivity contribution in [1.29, 1.82) is 0 Å². The summed E-state index contributed by atoms with van der Waals surface area (Å²) in [5.41, 5.74) is 10.7. The molecule has 2 aromatic rings. The summed E-state index contributed by atoms with van der Waals surface area (Å²) in [6, 6.07) is 17.3. The van der Waals surface area contributed by atoms with E-state index in [2.05, 4.69) is 43.3 Å². The molecule has 1 heteroatoms. The summed E-state index contributed by atoms with van der Waals surface area (Å²) in [6.07, 6.45) is 10.4. The lowest BCUT2D eigenvalue weighted by molar-refractivity contribution is 0.607. The second-order valence-corrected chi connectivity index (χ2v) is 6.25. The highest BCUT2D eigenvalue weighted by molar-refractivity contribution is 5.40. The zero-order valence-electron chi connectivity index (χ0n) is 13.9. The summed E-state index contributed by atoms with van der Waals surface area (Å²) in [6.45, 7) is 2.27. The molecule has 2 aromatic carbocycles. The standard InChI is InChI=1S/C21H29N/c1-2-3-4-5-6-7-8-18-9-11-19(12-10-18)17-20-13-15-21(22)16-14-20/h9-16H,2-8,17,22H2,1H3. The summed E-state index contributed by atoms with van der Waals surface area (Å²) < 4.78 is 0. The number of benzene rings is 2. The molecular formula is C21H29N. The van der Waals surface area contributed by atoms with Gasteiger partial charge >= 0.3 is 0 Å². The molecule has 118 valence electrons. The topological polar surface area (TPSA) is 26.0 Å². The Hall–Kier alpha value is -1.76. The monoisotopic (exact) mass is 295 g/mol. The Morgan fingerprint density at radius 1 is 0.636 bits per heavy atom. The van der Waals surface area contributed by atoms with Gasteiger partial charge in [0.1, 0.15) is 0 Å². The minimum absolute atomic E-state index is 0.832. The van der Waals surface area contributed by atoms with Crippen LogP contribution >= 0.6 is 0 Å². The molecule has 0 spiro atoms. The number of unbranched alkanes of at least 4 members (excludes halogenated alkanes) is 5. The molecule has 0 atom stereocenters. The van der Waals surface area contributed by atoms with Crippen LogP contribution in [0, 0.1) is 0 Å². The molecule has 0 saturated carbocycles. The normalized spacial score (nSPS) is 10.8. The smallest absolute Gasteiger partial charge is 0.0314 e. The average molecular weight is 295 g/mol. The maximum atomic E-state index is 5.72. The van der Waals surface area contributed by atoms with Crippen molar-refractivity contribution in [2.45, 2.75) is 58.3 Å². The molecule has 0 fully saturated rings. The van der Waals surface area contributed by atoms with Gasteiger partial charge in [-0.3, -0.25) is 0 Å². The van der Waals surface area contributed by atoms with Crippen LogP contribution in [0.2, 0.25) is 0 Å². The molecule has 0 amide bonds. The van der Waals surface area contributed by atoms with E-state index in [1.165, 1.54) is 61.6 Å². The van der Waals surface area contributed by atoms with Gasteiger partial charge in [-0.1, -0.05) is 75.4 Å². The molecule has 0 radical (unpaired) electrons. The van der Waals surface area contributed by atoms with Gasteiger partial charge in [0.05, 0.1) is 0 Å². The van der Waals surface area contributed by atoms with E-state index in [0.29, 0.717) is 0 Å². The number of rotatable bonds is 9. The molecule has 22 heavy (non-hydrogen) atoms. The Bertz CT molecular complexity index is 525. The molecule has 0 heterocycles. The summed E-state index contributed by atoms with van der Waals surface area (Å²) in [4.78, 5) is 0. The minimum atomic E-state index is 0.832. The first kappa shape index (κ1) is 16.6. The van der Waals surface area contributed by atoms with Crippen LogP contribution in [0.3, 0.4) is 0 Å². The van der Waals surface area contributed by atoms with Crippen molar-refractivity contribution in [2.75, 3.05) is 5.73 Å². The van der Waals surface area contributed by atoms with Crippen molar-refractivity contribution in [1.82, 2.24) is 0 Å². The molecule has 2 rings (SSSR count). The lowest BCUT2D eigenvalue weighted by Gasteiger charge is -2.05. The van der Waals surface area contributed by atoms with Gasteiger partial charge in [-0.25, -0.2) is 0 Å². The number of nitrogens with two attached hydrogens (primary N) is 1. The second-order valence-electron chi connectivity index (χ2n) is 6.25. The van der Waals surface area contributed by atoms with Crippen molar-refractivity contribution in [3.8, 4) is 0 Å². The number of anilines is 1. The van der Waals surface area contributed by atoms with Crippen LogP contribution in [-0.2, 0) is 12.8 Å². The largest absolute Gasteiger partial charge is 0.399 e. The third-order valence-electron chi connectivity index (χ3n) is 4.23. The van der Waals surface area contributed by atoms with Crippen LogP contribution < -0.4 is 5.73 Å². The van der Waals surface area contributed by atoms with E-state index in [1.807, 2.05) is 12.1 Å². The fraction of sp³-hybridized carbons (Fsp3) is 0.429. The summed E-state index contributed by atoms with van der Waals surface area (Å²) in [5.74, 6) is 0. The lowest BCUT2D eigenvalue weighted by atomic mass is 10.0. The van der Waals surface area contributed by atoms with Crippen LogP contribution in [0.25, 0.3) is 0 Å². The maximum absolute atomic E-state index is 5.72. The Balaban J connectivity index is 1.74. The number of aryl methyl sites for hydroxylation is 1. The fourth-order valence-electron chi connectivity index (χ4n) is 2.80. The van der Waals surface area contributed by atoms with E-state index in [4.69, 9.17) is 5.73 Å². The fourth-order valence-corrected chi connectivity index (χ4v) is 2.80. The van der Waals surface area contributed by atoms with Crippen molar-refractivity contribution in [3.63, 3.8) is 0 Å². The van der Waals surface area contributed by atoms with E-state index in [0.717, 1.165) is 12.1 Å². The first-order valence-electron chi connectivity index (χ1n) is 8.70.